The average Bonchev–Trinajstić information content (AvgIpc) is 3.37. The second kappa shape index (κ2) is 10.2. The lowest BCUT2D eigenvalue weighted by atomic mass is 9.95. The van der Waals surface area contributed by atoms with Crippen LogP contribution in [0.4, 0.5) is 4.39 Å². The molecule has 2 heterocycles. The van der Waals surface area contributed by atoms with Gasteiger partial charge in [-0.05, 0) is 49.8 Å². The number of likely N-dealkylation sites (tertiary alicyclic amines) is 1. The Morgan fingerprint density at radius 3 is 2.46 bits per heavy atom. The number of aliphatic hydroxyl groups excluding tert-OH is 1. The summed E-state index contributed by atoms with van der Waals surface area (Å²) in [6.45, 7) is 8.24. The third kappa shape index (κ3) is 4.61. The normalized spacial score (nSPS) is 17.5. The van der Waals surface area contributed by atoms with Crippen molar-refractivity contribution in [2.24, 2.45) is 0 Å². The Morgan fingerprint density at radius 2 is 1.80 bits per heavy atom. The summed E-state index contributed by atoms with van der Waals surface area (Å²) in [4.78, 5) is 29.9. The quantitative estimate of drug-likeness (QED) is 0.301. The molecule has 2 aromatic carbocycles. The van der Waals surface area contributed by atoms with Crippen LogP contribution in [-0.2, 0) is 9.59 Å². The van der Waals surface area contributed by atoms with Gasteiger partial charge in [0.1, 0.15) is 11.6 Å². The second-order valence-electron chi connectivity index (χ2n) is 8.47. The van der Waals surface area contributed by atoms with E-state index in [-0.39, 0.29) is 17.9 Å². The monoisotopic (exact) mass is 476 g/mol. The minimum absolute atomic E-state index is 0.0594. The number of aliphatic hydroxyl groups is 1. The number of amides is 1. The summed E-state index contributed by atoms with van der Waals surface area (Å²) in [6.07, 6.45) is 1.48. The van der Waals surface area contributed by atoms with Crippen LogP contribution < -0.4 is 0 Å². The Labute approximate surface area is 204 Å². The van der Waals surface area contributed by atoms with Crippen LogP contribution in [0.2, 0.25) is 0 Å². The molecule has 1 fully saturated rings. The van der Waals surface area contributed by atoms with Crippen LogP contribution >= 0.6 is 0 Å². The molecule has 182 valence electrons. The maximum atomic E-state index is 14.2. The molecule has 0 spiro atoms. The molecule has 1 aromatic heterocycles. The predicted molar refractivity (Wildman–Crippen MR) is 131 cm³/mol. The van der Waals surface area contributed by atoms with Crippen molar-refractivity contribution in [3.63, 3.8) is 0 Å². The zero-order valence-electron chi connectivity index (χ0n) is 20.1. The minimum atomic E-state index is -0.902. The summed E-state index contributed by atoms with van der Waals surface area (Å²) >= 11 is 0. The molecule has 35 heavy (non-hydrogen) atoms. The van der Waals surface area contributed by atoms with Gasteiger partial charge in [0, 0.05) is 13.1 Å². The van der Waals surface area contributed by atoms with Gasteiger partial charge in [-0.2, -0.15) is 5.10 Å². The topological polar surface area (TPSA) is 78.7 Å². The van der Waals surface area contributed by atoms with Crippen LogP contribution in [0.5, 0.6) is 0 Å². The highest BCUT2D eigenvalue weighted by atomic mass is 19.1. The van der Waals surface area contributed by atoms with Crippen LogP contribution in [-0.4, -0.2) is 62.6 Å². The van der Waals surface area contributed by atoms with Gasteiger partial charge in [-0.3, -0.25) is 9.59 Å². The number of aromatic nitrogens is 2. The molecule has 0 bridgehead atoms. The first-order chi connectivity index (χ1) is 16.9. The molecule has 1 unspecified atom stereocenters. The van der Waals surface area contributed by atoms with Crippen molar-refractivity contribution >= 4 is 17.4 Å². The van der Waals surface area contributed by atoms with Crippen LogP contribution in [0.15, 0.2) is 66.4 Å². The van der Waals surface area contributed by atoms with Crippen molar-refractivity contribution in [2.75, 3.05) is 26.2 Å². The lowest BCUT2D eigenvalue weighted by Gasteiger charge is -2.28. The zero-order chi connectivity index (χ0) is 25.1. The van der Waals surface area contributed by atoms with Gasteiger partial charge >= 0.3 is 0 Å². The average molecular weight is 477 g/mol. The lowest BCUT2D eigenvalue weighted by Crippen LogP contribution is -2.38. The summed E-state index contributed by atoms with van der Waals surface area (Å²) < 4.78 is 15.8. The van der Waals surface area contributed by atoms with E-state index in [1.54, 1.807) is 17.7 Å². The van der Waals surface area contributed by atoms with Crippen LogP contribution in [0.25, 0.3) is 11.4 Å². The highest BCUT2D eigenvalue weighted by molar-refractivity contribution is 6.46. The van der Waals surface area contributed by atoms with Crippen LogP contribution in [0.1, 0.15) is 36.7 Å². The summed E-state index contributed by atoms with van der Waals surface area (Å²) in [7, 11) is 0. The van der Waals surface area contributed by atoms with E-state index in [0.29, 0.717) is 23.4 Å². The molecule has 7 nitrogen and oxygen atoms in total. The van der Waals surface area contributed by atoms with Crippen molar-refractivity contribution in [2.45, 2.75) is 26.8 Å². The van der Waals surface area contributed by atoms with E-state index in [4.69, 9.17) is 0 Å². The molecular formula is C27H29FN4O3. The molecule has 1 amide bonds. The maximum Gasteiger partial charge on any atom is 0.295 e. The Hall–Kier alpha value is -3.78. The molecule has 4 rings (SSSR count). The molecule has 3 aromatic rings. The summed E-state index contributed by atoms with van der Waals surface area (Å²) in [5, 5.41) is 15.7. The number of para-hydroxylation sites is 1. The Kier molecular flexibility index (Phi) is 7.12. The van der Waals surface area contributed by atoms with E-state index < -0.39 is 23.5 Å². The molecule has 1 atom stereocenters. The molecule has 1 aliphatic heterocycles. The number of hydrogen-bond donors (Lipinski definition) is 1. The standard InChI is InChI=1S/C27H29FN4O3/c1-4-30(5-2)14-15-31-24(19-10-9-11-20(28)16-19)23(26(34)27(31)35)25(33)22-17-29-32(18(22)3)21-12-7-6-8-13-21/h6-13,16-17,24,33H,4-5,14-15H2,1-3H3/b25-23+. The molecule has 1 aliphatic rings. The number of ketones is 1. The van der Waals surface area contributed by atoms with Crippen molar-refractivity contribution in [3.05, 3.63) is 89.0 Å². The number of carbonyl (C=O) groups excluding carboxylic acids is 2. The number of halogens is 1. The van der Waals surface area contributed by atoms with E-state index >= 15 is 0 Å². The van der Waals surface area contributed by atoms with Crippen molar-refractivity contribution in [3.8, 4) is 5.69 Å². The van der Waals surface area contributed by atoms with Gasteiger partial charge in [-0.15, -0.1) is 0 Å². The lowest BCUT2D eigenvalue weighted by molar-refractivity contribution is -0.140. The molecule has 0 saturated carbocycles. The highest BCUT2D eigenvalue weighted by Gasteiger charge is 2.46. The van der Waals surface area contributed by atoms with E-state index in [1.807, 2.05) is 44.2 Å². The largest absolute Gasteiger partial charge is 0.507 e. The number of likely N-dealkylation sites (N-methyl/N-ethyl adjacent to an activating group) is 1. The van der Waals surface area contributed by atoms with Crippen LogP contribution in [0, 0.1) is 12.7 Å². The van der Waals surface area contributed by atoms with E-state index in [1.165, 1.54) is 29.3 Å². The summed E-state index contributed by atoms with van der Waals surface area (Å²) in [5.41, 5.74) is 2.12. The van der Waals surface area contributed by atoms with Gasteiger partial charge in [0.25, 0.3) is 11.7 Å². The van der Waals surface area contributed by atoms with Gasteiger partial charge in [-0.1, -0.05) is 44.2 Å². The fourth-order valence-electron chi connectivity index (χ4n) is 4.54. The number of Topliss-reactive ketones (excluding diaryl/α,β-unsaturated/α-hetero) is 1. The summed E-state index contributed by atoms with van der Waals surface area (Å²) in [6, 6.07) is 14.3. The van der Waals surface area contributed by atoms with Crippen molar-refractivity contribution in [1.29, 1.82) is 0 Å². The Bertz CT molecular complexity index is 1260. The summed E-state index contributed by atoms with van der Waals surface area (Å²) in [5.74, 6) is -2.29. The Morgan fingerprint density at radius 1 is 1.09 bits per heavy atom. The molecule has 1 saturated heterocycles. The predicted octanol–water partition coefficient (Wildman–Crippen LogP) is 4.08. The smallest absolute Gasteiger partial charge is 0.295 e. The van der Waals surface area contributed by atoms with E-state index in [0.717, 1.165) is 18.8 Å². The number of carbonyl (C=O) groups is 2. The van der Waals surface area contributed by atoms with Crippen LogP contribution in [0.3, 0.4) is 0 Å². The third-order valence-electron chi connectivity index (χ3n) is 6.52. The van der Waals surface area contributed by atoms with Gasteiger partial charge in [-0.25, -0.2) is 9.07 Å². The fourth-order valence-corrected chi connectivity index (χ4v) is 4.54. The molecule has 8 heteroatoms. The first-order valence-corrected chi connectivity index (χ1v) is 11.7. The second-order valence-corrected chi connectivity index (χ2v) is 8.47. The molecule has 1 N–H and O–H groups in total. The van der Waals surface area contributed by atoms with Gasteiger partial charge in [0.05, 0.1) is 34.8 Å². The van der Waals surface area contributed by atoms with E-state index in [2.05, 4.69) is 10.00 Å². The van der Waals surface area contributed by atoms with Gasteiger partial charge in [0.15, 0.2) is 0 Å². The maximum absolute atomic E-state index is 14.2. The highest BCUT2D eigenvalue weighted by Crippen LogP contribution is 2.40. The van der Waals surface area contributed by atoms with Crippen molar-refractivity contribution < 1.29 is 19.1 Å². The number of hydrogen-bond acceptors (Lipinski definition) is 5. The number of nitrogens with zero attached hydrogens (tertiary/aromatic N) is 4. The van der Waals surface area contributed by atoms with Gasteiger partial charge in [0.2, 0.25) is 0 Å². The SMILES string of the molecule is CCN(CC)CCN1C(=O)C(=O)/C(=C(/O)c2cnn(-c3ccccc3)c2C)C1c1cccc(F)c1. The van der Waals surface area contributed by atoms with Crippen molar-refractivity contribution in [1.82, 2.24) is 19.6 Å². The van der Waals surface area contributed by atoms with E-state index in [9.17, 15) is 19.1 Å². The molecular weight excluding hydrogens is 447 g/mol. The third-order valence-corrected chi connectivity index (χ3v) is 6.52. The molecule has 0 aliphatic carbocycles. The minimum Gasteiger partial charge on any atom is -0.507 e. The number of benzene rings is 2. The fraction of sp³-hybridized carbons (Fsp3) is 0.296. The number of rotatable bonds is 8. The first kappa shape index (κ1) is 24.3. The van der Waals surface area contributed by atoms with Gasteiger partial charge < -0.3 is 14.9 Å². The molecule has 0 radical (unpaired) electrons. The Balaban J connectivity index is 1.82. The zero-order valence-corrected chi connectivity index (χ0v) is 20.1. The first-order valence-electron chi connectivity index (χ1n) is 11.7.